The number of rotatable bonds is 17. The molecule has 0 aliphatic heterocycles. The number of hydrogen-bond donors (Lipinski definition) is 1. The summed E-state index contributed by atoms with van der Waals surface area (Å²) < 4.78 is 27.8. The minimum Gasteiger partial charge on any atom is -0.356 e. The van der Waals surface area contributed by atoms with Gasteiger partial charge in [-0.05, 0) is 37.1 Å². The molecule has 2 aromatic rings. The Hall–Kier alpha value is -2.34. The van der Waals surface area contributed by atoms with Gasteiger partial charge in [-0.3, -0.25) is 9.10 Å². The molecule has 0 unspecified atom stereocenters. The van der Waals surface area contributed by atoms with Crippen molar-refractivity contribution in [2.24, 2.45) is 0 Å². The molecular weight excluding hydrogens is 432 g/mol. The summed E-state index contributed by atoms with van der Waals surface area (Å²) in [5.41, 5.74) is 0.627. The molecule has 0 aromatic heterocycles. The number of benzene rings is 2. The average molecular weight is 473 g/mol. The summed E-state index contributed by atoms with van der Waals surface area (Å²) in [4.78, 5) is 12.4. The van der Waals surface area contributed by atoms with Crippen molar-refractivity contribution in [3.05, 3.63) is 60.7 Å². The first kappa shape index (κ1) is 26.9. The molecule has 5 nitrogen and oxygen atoms in total. The first-order chi connectivity index (χ1) is 16.1. The van der Waals surface area contributed by atoms with Crippen molar-refractivity contribution in [2.75, 3.05) is 17.4 Å². The number of nitrogens with zero attached hydrogens (tertiary/aromatic N) is 1. The lowest BCUT2D eigenvalue weighted by Gasteiger charge is -2.24. The summed E-state index contributed by atoms with van der Waals surface area (Å²) in [5.74, 6) is 0.0510. The third kappa shape index (κ3) is 9.99. The molecule has 0 saturated carbocycles. The monoisotopic (exact) mass is 472 g/mol. The fraction of sp³-hybridized carbons (Fsp3) is 0.519. The Balaban J connectivity index is 1.72. The van der Waals surface area contributed by atoms with Gasteiger partial charge in [0.05, 0.1) is 10.6 Å². The first-order valence-corrected chi connectivity index (χ1v) is 13.9. The van der Waals surface area contributed by atoms with Crippen molar-refractivity contribution in [1.29, 1.82) is 0 Å². The topological polar surface area (TPSA) is 66.5 Å². The van der Waals surface area contributed by atoms with Crippen molar-refractivity contribution in [3.63, 3.8) is 0 Å². The lowest BCUT2D eigenvalue weighted by atomic mass is 10.1. The van der Waals surface area contributed by atoms with Gasteiger partial charge >= 0.3 is 0 Å². The second-order valence-corrected chi connectivity index (χ2v) is 10.4. The number of nitrogens with one attached hydrogen (secondary N) is 1. The van der Waals surface area contributed by atoms with E-state index in [1.807, 2.05) is 18.2 Å². The molecule has 2 aromatic carbocycles. The van der Waals surface area contributed by atoms with Crippen LogP contribution in [0, 0.1) is 0 Å². The Morgan fingerprint density at radius 1 is 0.758 bits per heavy atom. The maximum absolute atomic E-state index is 13.2. The first-order valence-electron chi connectivity index (χ1n) is 12.4. The molecule has 0 aliphatic carbocycles. The number of sulfonamides is 1. The molecule has 0 heterocycles. The van der Waals surface area contributed by atoms with Gasteiger partial charge in [-0.1, -0.05) is 94.7 Å². The zero-order valence-electron chi connectivity index (χ0n) is 20.0. The summed E-state index contributed by atoms with van der Waals surface area (Å²) in [6.07, 6.45) is 12.1. The molecule has 0 spiro atoms. The van der Waals surface area contributed by atoms with Gasteiger partial charge in [0.15, 0.2) is 0 Å². The van der Waals surface area contributed by atoms with Gasteiger partial charge in [0.25, 0.3) is 10.0 Å². The van der Waals surface area contributed by atoms with E-state index in [0.29, 0.717) is 31.6 Å². The number of hydrogen-bond acceptors (Lipinski definition) is 3. The predicted molar refractivity (Wildman–Crippen MR) is 137 cm³/mol. The van der Waals surface area contributed by atoms with Crippen LogP contribution in [0.4, 0.5) is 5.69 Å². The summed E-state index contributed by atoms with van der Waals surface area (Å²) in [6, 6.07) is 17.6. The van der Waals surface area contributed by atoms with Crippen molar-refractivity contribution in [3.8, 4) is 0 Å². The van der Waals surface area contributed by atoms with Gasteiger partial charge in [-0.2, -0.15) is 0 Å². The molecule has 0 aliphatic rings. The summed E-state index contributed by atoms with van der Waals surface area (Å²) in [6.45, 7) is 3.00. The van der Waals surface area contributed by atoms with Gasteiger partial charge in [0.1, 0.15) is 0 Å². The Kier molecular flexibility index (Phi) is 12.6. The summed E-state index contributed by atoms with van der Waals surface area (Å²) in [7, 11) is -3.66. The second kappa shape index (κ2) is 15.5. The molecule has 0 radical (unpaired) electrons. The van der Waals surface area contributed by atoms with Crippen LogP contribution in [0.25, 0.3) is 0 Å². The van der Waals surface area contributed by atoms with Gasteiger partial charge in [-0.15, -0.1) is 0 Å². The fourth-order valence-corrected chi connectivity index (χ4v) is 5.36. The fourth-order valence-electron chi connectivity index (χ4n) is 3.84. The van der Waals surface area contributed by atoms with Crippen LogP contribution in [0.2, 0.25) is 0 Å². The lowest BCUT2D eigenvalue weighted by molar-refractivity contribution is -0.121. The van der Waals surface area contributed by atoms with Crippen LogP contribution in [0.1, 0.15) is 77.6 Å². The maximum Gasteiger partial charge on any atom is 0.264 e. The normalized spacial score (nSPS) is 11.3. The Morgan fingerprint density at radius 3 is 1.91 bits per heavy atom. The molecule has 0 atom stereocenters. The average Bonchev–Trinajstić information content (AvgIpc) is 2.84. The molecule has 6 heteroatoms. The molecular formula is C27H40N2O3S. The van der Waals surface area contributed by atoms with Crippen LogP contribution < -0.4 is 9.62 Å². The van der Waals surface area contributed by atoms with Crippen molar-refractivity contribution in [1.82, 2.24) is 5.32 Å². The van der Waals surface area contributed by atoms with E-state index in [1.54, 1.807) is 42.5 Å². The van der Waals surface area contributed by atoms with Crippen molar-refractivity contribution < 1.29 is 13.2 Å². The lowest BCUT2D eigenvalue weighted by Crippen LogP contribution is -2.34. The Morgan fingerprint density at radius 2 is 1.30 bits per heavy atom. The van der Waals surface area contributed by atoms with Crippen LogP contribution in [-0.2, 0) is 14.8 Å². The van der Waals surface area contributed by atoms with Crippen molar-refractivity contribution in [2.45, 2.75) is 82.4 Å². The molecule has 0 bridgehead atoms. The molecule has 0 saturated heterocycles. The van der Waals surface area contributed by atoms with E-state index >= 15 is 0 Å². The third-order valence-corrected chi connectivity index (χ3v) is 7.58. The van der Waals surface area contributed by atoms with Crippen LogP contribution in [0.5, 0.6) is 0 Å². The smallest absolute Gasteiger partial charge is 0.264 e. The standard InChI is InChI=1S/C27H40N2O3S/c1-2-3-4-5-6-7-8-9-16-22-27(30)28-23-17-24-29(25-18-12-10-13-19-25)33(31,32)26-20-14-11-15-21-26/h10-15,18-21H,2-9,16-17,22-24H2,1H3,(H,28,30). The Labute approximate surface area is 200 Å². The minimum absolute atomic E-state index is 0.0510. The Bertz CT molecular complexity index is 886. The van der Waals surface area contributed by atoms with E-state index in [9.17, 15) is 13.2 Å². The van der Waals surface area contributed by atoms with Gasteiger partial charge in [-0.25, -0.2) is 8.42 Å². The quantitative estimate of drug-likeness (QED) is 0.274. The SMILES string of the molecule is CCCCCCCCCCCC(=O)NCCCN(c1ccccc1)S(=O)(=O)c1ccccc1. The van der Waals surface area contributed by atoms with Gasteiger partial charge < -0.3 is 5.32 Å². The zero-order chi connectivity index (χ0) is 23.8. The summed E-state index contributed by atoms with van der Waals surface area (Å²) >= 11 is 0. The number of unbranched alkanes of at least 4 members (excludes halogenated alkanes) is 8. The molecule has 182 valence electrons. The van der Waals surface area contributed by atoms with Crippen molar-refractivity contribution >= 4 is 21.6 Å². The highest BCUT2D eigenvalue weighted by Crippen LogP contribution is 2.23. The van der Waals surface area contributed by atoms with E-state index in [-0.39, 0.29) is 10.8 Å². The van der Waals surface area contributed by atoms with E-state index in [1.165, 1.54) is 49.3 Å². The molecule has 0 fully saturated rings. The minimum atomic E-state index is -3.66. The number of para-hydroxylation sites is 1. The van der Waals surface area contributed by atoms with E-state index < -0.39 is 10.0 Å². The van der Waals surface area contributed by atoms with E-state index in [0.717, 1.165) is 12.8 Å². The maximum atomic E-state index is 13.2. The largest absolute Gasteiger partial charge is 0.356 e. The van der Waals surface area contributed by atoms with Gasteiger partial charge in [0.2, 0.25) is 5.91 Å². The highest BCUT2D eigenvalue weighted by molar-refractivity contribution is 7.92. The number of carbonyl (C=O) groups is 1. The third-order valence-electron chi connectivity index (χ3n) is 5.74. The van der Waals surface area contributed by atoms with Crippen LogP contribution in [-0.4, -0.2) is 27.4 Å². The van der Waals surface area contributed by atoms with Crippen LogP contribution in [0.15, 0.2) is 65.6 Å². The molecule has 1 N–H and O–H groups in total. The number of carbonyl (C=O) groups excluding carboxylic acids is 1. The van der Waals surface area contributed by atoms with Crippen LogP contribution >= 0.6 is 0 Å². The highest BCUT2D eigenvalue weighted by Gasteiger charge is 2.24. The van der Waals surface area contributed by atoms with E-state index in [4.69, 9.17) is 0 Å². The predicted octanol–water partition coefficient (Wildman–Crippen LogP) is 6.31. The number of anilines is 1. The van der Waals surface area contributed by atoms with Gasteiger partial charge in [0, 0.05) is 19.5 Å². The van der Waals surface area contributed by atoms with E-state index in [2.05, 4.69) is 12.2 Å². The van der Waals surface area contributed by atoms with Crippen LogP contribution in [0.3, 0.4) is 0 Å². The summed E-state index contributed by atoms with van der Waals surface area (Å²) in [5, 5.41) is 2.95. The molecule has 2 rings (SSSR count). The molecule has 1 amide bonds. The zero-order valence-corrected chi connectivity index (χ0v) is 20.9. The number of amides is 1. The highest BCUT2D eigenvalue weighted by atomic mass is 32.2. The second-order valence-electron chi connectivity index (χ2n) is 8.51. The molecule has 33 heavy (non-hydrogen) atoms.